The van der Waals surface area contributed by atoms with Gasteiger partial charge in [-0.2, -0.15) is 5.10 Å². The molecule has 2 aromatic carbocycles. The van der Waals surface area contributed by atoms with Crippen LogP contribution in [0.1, 0.15) is 24.1 Å². The molecule has 5 rings (SSSR count). The molecule has 1 aliphatic rings. The molecule has 1 saturated heterocycles. The number of fused-ring (bicyclic) bond motifs is 1. The molecule has 1 aliphatic heterocycles. The topological polar surface area (TPSA) is 72.1 Å². The molecule has 0 spiro atoms. The van der Waals surface area contributed by atoms with E-state index in [1.54, 1.807) is 26.4 Å². The summed E-state index contributed by atoms with van der Waals surface area (Å²) >= 11 is 0. The largest absolute Gasteiger partial charge is 0.497 e. The number of benzene rings is 2. The molecule has 0 radical (unpaired) electrons. The van der Waals surface area contributed by atoms with Gasteiger partial charge in [0.25, 0.3) is 0 Å². The first-order valence-electron chi connectivity index (χ1n) is 11.8. The van der Waals surface area contributed by atoms with Crippen LogP contribution < -0.4 is 9.64 Å². The van der Waals surface area contributed by atoms with Crippen LogP contribution in [0.3, 0.4) is 0 Å². The van der Waals surface area contributed by atoms with Crippen molar-refractivity contribution in [3.8, 4) is 28.1 Å². The molecule has 8 heteroatoms. The fourth-order valence-electron chi connectivity index (χ4n) is 4.78. The molecular weight excluding hydrogens is 447 g/mol. The van der Waals surface area contributed by atoms with Crippen LogP contribution in [0.15, 0.2) is 54.6 Å². The highest BCUT2D eigenvalue weighted by molar-refractivity contribution is 5.83. The number of methoxy groups -OCH3 is 2. The Labute approximate surface area is 203 Å². The summed E-state index contributed by atoms with van der Waals surface area (Å²) in [4.78, 5) is 7.23. The van der Waals surface area contributed by atoms with Gasteiger partial charge in [0.05, 0.1) is 43.3 Å². The summed E-state index contributed by atoms with van der Waals surface area (Å²) in [7, 11) is 3.29. The number of aliphatic hydroxyl groups excluding tert-OH is 1. The van der Waals surface area contributed by atoms with Crippen molar-refractivity contribution in [1.29, 1.82) is 0 Å². The smallest absolute Gasteiger partial charge is 0.166 e. The number of nitrogens with zero attached hydrogens (tertiary/aromatic N) is 4. The highest BCUT2D eigenvalue weighted by Crippen LogP contribution is 2.35. The lowest BCUT2D eigenvalue weighted by atomic mass is 10.1. The molecule has 0 amide bonds. The third-order valence-electron chi connectivity index (χ3n) is 6.59. The van der Waals surface area contributed by atoms with Crippen molar-refractivity contribution in [2.75, 3.05) is 32.3 Å². The van der Waals surface area contributed by atoms with Crippen molar-refractivity contribution < 1.29 is 19.0 Å². The highest BCUT2D eigenvalue weighted by atomic mass is 19.1. The maximum Gasteiger partial charge on any atom is 0.166 e. The number of aliphatic hydroxyl groups is 1. The molecule has 0 bridgehead atoms. The number of halogens is 1. The fourth-order valence-corrected chi connectivity index (χ4v) is 4.78. The third-order valence-corrected chi connectivity index (χ3v) is 6.59. The summed E-state index contributed by atoms with van der Waals surface area (Å²) in [6.07, 6.45) is 1.92. The first kappa shape index (κ1) is 23.3. The second-order valence-corrected chi connectivity index (χ2v) is 8.72. The lowest BCUT2D eigenvalue weighted by Gasteiger charge is -2.25. The Balaban J connectivity index is 1.76. The first-order chi connectivity index (χ1) is 17.2. The number of rotatable bonds is 8. The molecule has 4 aromatic rings. The minimum absolute atomic E-state index is 0.0255. The minimum Gasteiger partial charge on any atom is -0.497 e. The zero-order chi connectivity index (χ0) is 24.4. The van der Waals surface area contributed by atoms with Crippen LogP contribution in [-0.4, -0.2) is 53.1 Å². The number of alkyl halides is 1. The van der Waals surface area contributed by atoms with Crippen molar-refractivity contribution in [1.82, 2.24) is 14.6 Å². The predicted octanol–water partition coefficient (Wildman–Crippen LogP) is 4.65. The van der Waals surface area contributed by atoms with Gasteiger partial charge >= 0.3 is 0 Å². The van der Waals surface area contributed by atoms with E-state index in [2.05, 4.69) is 4.90 Å². The van der Waals surface area contributed by atoms with Crippen LogP contribution >= 0.6 is 0 Å². The van der Waals surface area contributed by atoms with Gasteiger partial charge in [0.15, 0.2) is 5.65 Å². The van der Waals surface area contributed by atoms with Crippen molar-refractivity contribution in [2.24, 2.45) is 0 Å². The van der Waals surface area contributed by atoms with E-state index in [1.807, 2.05) is 47.0 Å². The maximum atomic E-state index is 13.2. The van der Waals surface area contributed by atoms with Gasteiger partial charge in [0.1, 0.15) is 18.2 Å². The molecule has 1 atom stereocenters. The van der Waals surface area contributed by atoms with E-state index in [-0.39, 0.29) is 12.6 Å². The molecule has 3 heterocycles. The molecular formula is C27H29FN4O3. The molecule has 1 unspecified atom stereocenters. The quantitative estimate of drug-likeness (QED) is 0.399. The van der Waals surface area contributed by atoms with Crippen LogP contribution in [-0.2, 0) is 18.0 Å². The van der Waals surface area contributed by atoms with Crippen LogP contribution in [0, 0.1) is 0 Å². The number of hydrogen-bond donors (Lipinski definition) is 1. The van der Waals surface area contributed by atoms with Gasteiger partial charge in [-0.1, -0.05) is 36.4 Å². The molecule has 1 N–H and O–H groups in total. The highest BCUT2D eigenvalue weighted by Gasteiger charge is 2.28. The zero-order valence-corrected chi connectivity index (χ0v) is 19.9. The normalized spacial score (nSPS) is 15.8. The maximum absolute atomic E-state index is 13.2. The summed E-state index contributed by atoms with van der Waals surface area (Å²) in [5, 5.41) is 14.9. The van der Waals surface area contributed by atoms with Crippen molar-refractivity contribution in [3.05, 3.63) is 65.9 Å². The van der Waals surface area contributed by atoms with E-state index < -0.39 is 6.67 Å². The van der Waals surface area contributed by atoms with Crippen LogP contribution in [0.4, 0.5) is 10.2 Å². The lowest BCUT2D eigenvalue weighted by molar-refractivity contribution is 0.181. The van der Waals surface area contributed by atoms with Gasteiger partial charge in [-0.3, -0.25) is 0 Å². The Morgan fingerprint density at radius 2 is 1.80 bits per heavy atom. The Morgan fingerprint density at radius 1 is 1.06 bits per heavy atom. The molecule has 7 nitrogen and oxygen atoms in total. The lowest BCUT2D eigenvalue weighted by Crippen LogP contribution is -2.32. The second kappa shape index (κ2) is 10.0. The molecule has 0 aliphatic carbocycles. The number of hydrogen-bond acceptors (Lipinski definition) is 6. The summed E-state index contributed by atoms with van der Waals surface area (Å²) < 4.78 is 25.8. The van der Waals surface area contributed by atoms with Crippen molar-refractivity contribution in [2.45, 2.75) is 32.2 Å². The monoisotopic (exact) mass is 476 g/mol. The Hall–Kier alpha value is -3.49. The first-order valence-corrected chi connectivity index (χ1v) is 11.8. The van der Waals surface area contributed by atoms with E-state index in [1.165, 1.54) is 0 Å². The summed E-state index contributed by atoms with van der Waals surface area (Å²) in [6, 6.07) is 17.2. The Morgan fingerprint density at radius 3 is 2.46 bits per heavy atom. The fraction of sp³-hybridized carbons (Fsp3) is 0.333. The minimum atomic E-state index is -0.509. The standard InChI is InChI=1S/C27H29FN4O3/c1-34-17-23-26(20-9-11-22(35-2)12-10-20)27-29-25(31-13-3-4-21(31)16-33)14-24(32(27)30-23)19-7-5-18(15-28)6-8-19/h5-12,14,21,33H,3-4,13,15-17H2,1-2H3. The van der Waals surface area contributed by atoms with Gasteiger partial charge in [-0.05, 0) is 36.1 Å². The summed E-state index contributed by atoms with van der Waals surface area (Å²) in [6.45, 7) is 0.715. The van der Waals surface area contributed by atoms with Crippen LogP contribution in [0.2, 0.25) is 0 Å². The molecule has 1 fully saturated rings. The number of anilines is 1. The zero-order valence-electron chi connectivity index (χ0n) is 19.9. The average Bonchev–Trinajstić information content (AvgIpc) is 3.53. The summed E-state index contributed by atoms with van der Waals surface area (Å²) in [5.74, 6) is 1.56. The SMILES string of the molecule is COCc1nn2c(-c3ccc(CF)cc3)cc(N3CCCC3CO)nc2c1-c1ccc(OC)cc1. The molecule has 182 valence electrons. The third kappa shape index (κ3) is 4.35. The van der Waals surface area contributed by atoms with E-state index in [4.69, 9.17) is 19.6 Å². The van der Waals surface area contributed by atoms with Crippen LogP contribution in [0.5, 0.6) is 5.75 Å². The van der Waals surface area contributed by atoms with E-state index in [0.29, 0.717) is 17.8 Å². The van der Waals surface area contributed by atoms with E-state index in [0.717, 1.165) is 59.0 Å². The molecule has 2 aromatic heterocycles. The van der Waals surface area contributed by atoms with E-state index >= 15 is 0 Å². The summed E-state index contributed by atoms with van der Waals surface area (Å²) in [5.41, 5.74) is 5.68. The average molecular weight is 477 g/mol. The van der Waals surface area contributed by atoms with Gasteiger partial charge in [0, 0.05) is 25.3 Å². The van der Waals surface area contributed by atoms with Crippen LogP contribution in [0.25, 0.3) is 28.0 Å². The Kier molecular flexibility index (Phi) is 6.66. The van der Waals surface area contributed by atoms with Gasteiger partial charge in [-0.25, -0.2) is 13.9 Å². The predicted molar refractivity (Wildman–Crippen MR) is 133 cm³/mol. The second-order valence-electron chi connectivity index (χ2n) is 8.72. The molecule has 0 saturated carbocycles. The van der Waals surface area contributed by atoms with Gasteiger partial charge in [0.2, 0.25) is 0 Å². The van der Waals surface area contributed by atoms with Gasteiger partial charge in [-0.15, -0.1) is 0 Å². The van der Waals surface area contributed by atoms with Crippen molar-refractivity contribution >= 4 is 11.5 Å². The van der Waals surface area contributed by atoms with E-state index in [9.17, 15) is 9.50 Å². The van der Waals surface area contributed by atoms with Crippen molar-refractivity contribution in [3.63, 3.8) is 0 Å². The Bertz CT molecular complexity index is 1310. The molecule has 35 heavy (non-hydrogen) atoms. The number of aromatic nitrogens is 3. The van der Waals surface area contributed by atoms with Gasteiger partial charge < -0.3 is 19.5 Å². The number of ether oxygens (including phenoxy) is 2.